The second-order valence-electron chi connectivity index (χ2n) is 8.27. The smallest absolute Gasteiger partial charge is 0.410 e. The second-order valence-corrected chi connectivity index (χ2v) is 8.27. The first-order valence-electron chi connectivity index (χ1n) is 9.69. The highest BCUT2D eigenvalue weighted by molar-refractivity contribution is 5.68. The van der Waals surface area contributed by atoms with Crippen molar-refractivity contribution in [3.05, 3.63) is 12.4 Å². The molecule has 26 heavy (non-hydrogen) atoms. The Bertz CT molecular complexity index is 610. The molecule has 1 aromatic heterocycles. The molecule has 7 heteroatoms. The first-order valence-corrected chi connectivity index (χ1v) is 9.69. The van der Waals surface area contributed by atoms with E-state index >= 15 is 0 Å². The maximum absolute atomic E-state index is 12.3. The van der Waals surface area contributed by atoms with Gasteiger partial charge in [-0.25, -0.2) is 14.8 Å². The molecular formula is C19H31N5O2. The number of hydrogen-bond donors (Lipinski definition) is 1. The number of nitrogens with one attached hydrogen (secondary N) is 1. The molecule has 0 spiro atoms. The number of carbonyl (C=O) groups is 1. The first-order chi connectivity index (χ1) is 12.4. The average Bonchev–Trinajstić information content (AvgIpc) is 3.14. The van der Waals surface area contributed by atoms with Crippen molar-refractivity contribution in [2.24, 2.45) is 5.92 Å². The van der Waals surface area contributed by atoms with Gasteiger partial charge in [0.1, 0.15) is 23.6 Å². The third kappa shape index (κ3) is 5.22. The van der Waals surface area contributed by atoms with Crippen molar-refractivity contribution in [1.29, 1.82) is 0 Å². The molecule has 1 amide bonds. The second kappa shape index (κ2) is 8.10. The number of anilines is 2. The van der Waals surface area contributed by atoms with E-state index in [0.29, 0.717) is 5.92 Å². The van der Waals surface area contributed by atoms with Crippen molar-refractivity contribution in [3.63, 3.8) is 0 Å². The van der Waals surface area contributed by atoms with E-state index < -0.39 is 5.60 Å². The van der Waals surface area contributed by atoms with E-state index in [-0.39, 0.29) is 6.09 Å². The number of hydrogen-bond acceptors (Lipinski definition) is 6. The molecule has 1 aromatic rings. The predicted molar refractivity (Wildman–Crippen MR) is 102 cm³/mol. The molecule has 0 aliphatic carbocycles. The van der Waals surface area contributed by atoms with Crippen LogP contribution in [0.2, 0.25) is 0 Å². The molecule has 144 valence electrons. The highest BCUT2D eigenvalue weighted by atomic mass is 16.6. The number of piperidine rings is 1. The third-order valence-electron chi connectivity index (χ3n) is 4.83. The van der Waals surface area contributed by atoms with Crippen LogP contribution in [0.15, 0.2) is 12.4 Å². The molecule has 1 N–H and O–H groups in total. The summed E-state index contributed by atoms with van der Waals surface area (Å²) in [5.74, 6) is 2.26. The lowest BCUT2D eigenvalue weighted by atomic mass is 9.98. The Morgan fingerprint density at radius 1 is 1.23 bits per heavy atom. The Kier molecular flexibility index (Phi) is 5.84. The highest BCUT2D eigenvalue weighted by Gasteiger charge is 2.27. The normalized spacial score (nSPS) is 21.0. The minimum atomic E-state index is -0.449. The lowest BCUT2D eigenvalue weighted by Crippen LogP contribution is -2.44. The summed E-state index contributed by atoms with van der Waals surface area (Å²) in [7, 11) is 0. The van der Waals surface area contributed by atoms with Crippen molar-refractivity contribution >= 4 is 17.7 Å². The van der Waals surface area contributed by atoms with Crippen LogP contribution in [0.1, 0.15) is 46.5 Å². The van der Waals surface area contributed by atoms with E-state index in [9.17, 15) is 4.79 Å². The van der Waals surface area contributed by atoms with Gasteiger partial charge in [0.25, 0.3) is 0 Å². The Labute approximate surface area is 156 Å². The average molecular weight is 361 g/mol. The maximum Gasteiger partial charge on any atom is 0.410 e. The maximum atomic E-state index is 12.3. The number of nitrogens with zero attached hydrogens (tertiary/aromatic N) is 4. The molecule has 0 radical (unpaired) electrons. The van der Waals surface area contributed by atoms with Crippen LogP contribution in [0.4, 0.5) is 16.4 Å². The molecule has 2 aliphatic heterocycles. The van der Waals surface area contributed by atoms with Crippen molar-refractivity contribution < 1.29 is 9.53 Å². The van der Waals surface area contributed by atoms with Crippen LogP contribution in [0, 0.1) is 5.92 Å². The van der Waals surface area contributed by atoms with Gasteiger partial charge in [0.05, 0.1) is 0 Å². The Hall–Kier alpha value is -2.05. The molecule has 1 atom stereocenters. The van der Waals surface area contributed by atoms with E-state index in [1.807, 2.05) is 31.7 Å². The standard InChI is InChI=1S/C19H31N5O2/c1-19(2,3)26-18(25)24-10-6-7-15(13-24)12-20-16-11-17(22-14-21-16)23-8-4-5-9-23/h11,14-15H,4-10,12-13H2,1-3H3,(H,20,21,22). The number of rotatable bonds is 4. The van der Waals surface area contributed by atoms with Crippen molar-refractivity contribution in [2.75, 3.05) is 42.9 Å². The fraction of sp³-hybridized carbons (Fsp3) is 0.737. The molecule has 2 saturated heterocycles. The molecule has 3 rings (SSSR count). The lowest BCUT2D eigenvalue weighted by molar-refractivity contribution is 0.0172. The molecule has 0 bridgehead atoms. The summed E-state index contributed by atoms with van der Waals surface area (Å²) in [5, 5.41) is 3.43. The summed E-state index contributed by atoms with van der Waals surface area (Å²) in [4.78, 5) is 25.2. The SMILES string of the molecule is CC(C)(C)OC(=O)N1CCCC(CNc2cc(N3CCCC3)ncn2)C1. The lowest BCUT2D eigenvalue weighted by Gasteiger charge is -2.34. The first kappa shape index (κ1) is 18.7. The molecule has 1 unspecified atom stereocenters. The molecule has 0 saturated carbocycles. The minimum Gasteiger partial charge on any atom is -0.444 e. The molecule has 7 nitrogen and oxygen atoms in total. The fourth-order valence-electron chi connectivity index (χ4n) is 3.54. The minimum absolute atomic E-state index is 0.208. The van der Waals surface area contributed by atoms with Gasteiger partial charge >= 0.3 is 6.09 Å². The highest BCUT2D eigenvalue weighted by Crippen LogP contribution is 2.22. The molecule has 0 aromatic carbocycles. The molecule has 2 fully saturated rings. The van der Waals surface area contributed by atoms with Crippen LogP contribution >= 0.6 is 0 Å². The van der Waals surface area contributed by atoms with Gasteiger partial charge in [-0.3, -0.25) is 0 Å². The van der Waals surface area contributed by atoms with E-state index in [2.05, 4.69) is 20.2 Å². The molecule has 2 aliphatic rings. The van der Waals surface area contributed by atoms with Gasteiger partial charge in [-0.2, -0.15) is 0 Å². The summed E-state index contributed by atoms with van der Waals surface area (Å²) in [6.07, 6.45) is 6.00. The van der Waals surface area contributed by atoms with Crippen LogP contribution in [0.5, 0.6) is 0 Å². The van der Waals surface area contributed by atoms with Crippen molar-refractivity contribution in [2.45, 2.75) is 52.1 Å². The van der Waals surface area contributed by atoms with Gasteiger partial charge in [-0.15, -0.1) is 0 Å². The Balaban J connectivity index is 1.51. The summed E-state index contributed by atoms with van der Waals surface area (Å²) in [5.41, 5.74) is -0.449. The molecular weight excluding hydrogens is 330 g/mol. The van der Waals surface area contributed by atoms with Crippen LogP contribution in [0.3, 0.4) is 0 Å². The number of likely N-dealkylation sites (tertiary alicyclic amines) is 1. The monoisotopic (exact) mass is 361 g/mol. The number of aromatic nitrogens is 2. The van der Waals surface area contributed by atoms with Crippen LogP contribution < -0.4 is 10.2 Å². The Morgan fingerprint density at radius 2 is 2.00 bits per heavy atom. The Morgan fingerprint density at radius 3 is 2.73 bits per heavy atom. The number of amides is 1. The van der Waals surface area contributed by atoms with Gasteiger partial charge in [0.15, 0.2) is 0 Å². The fourth-order valence-corrected chi connectivity index (χ4v) is 3.54. The van der Waals surface area contributed by atoms with Crippen molar-refractivity contribution in [1.82, 2.24) is 14.9 Å². The van der Waals surface area contributed by atoms with Crippen LogP contribution in [0.25, 0.3) is 0 Å². The van der Waals surface area contributed by atoms with Gasteiger partial charge < -0.3 is 19.9 Å². The largest absolute Gasteiger partial charge is 0.444 e. The van der Waals surface area contributed by atoms with E-state index in [1.165, 1.54) is 12.8 Å². The van der Waals surface area contributed by atoms with E-state index in [4.69, 9.17) is 4.74 Å². The van der Waals surface area contributed by atoms with Crippen LogP contribution in [-0.2, 0) is 4.74 Å². The zero-order valence-electron chi connectivity index (χ0n) is 16.2. The van der Waals surface area contributed by atoms with E-state index in [0.717, 1.165) is 57.2 Å². The summed E-state index contributed by atoms with van der Waals surface area (Å²) >= 11 is 0. The third-order valence-corrected chi connectivity index (χ3v) is 4.83. The number of ether oxygens (including phenoxy) is 1. The van der Waals surface area contributed by atoms with Crippen molar-refractivity contribution in [3.8, 4) is 0 Å². The van der Waals surface area contributed by atoms with E-state index in [1.54, 1.807) is 6.33 Å². The van der Waals surface area contributed by atoms with Gasteiger partial charge in [0, 0.05) is 38.8 Å². The summed E-state index contributed by atoms with van der Waals surface area (Å²) in [6.45, 7) is 10.2. The molecule has 3 heterocycles. The summed E-state index contributed by atoms with van der Waals surface area (Å²) < 4.78 is 5.50. The quantitative estimate of drug-likeness (QED) is 0.888. The van der Waals surface area contributed by atoms with Gasteiger partial charge in [0.2, 0.25) is 0 Å². The zero-order valence-corrected chi connectivity index (χ0v) is 16.2. The summed E-state index contributed by atoms with van der Waals surface area (Å²) in [6, 6.07) is 2.03. The zero-order chi connectivity index (χ0) is 18.6. The van der Waals surface area contributed by atoms with Gasteiger partial charge in [-0.1, -0.05) is 0 Å². The van der Waals surface area contributed by atoms with Crippen LogP contribution in [-0.4, -0.2) is 59.3 Å². The number of carbonyl (C=O) groups excluding carboxylic acids is 1. The topological polar surface area (TPSA) is 70.6 Å². The van der Waals surface area contributed by atoms with Gasteiger partial charge in [-0.05, 0) is 52.4 Å². The predicted octanol–water partition coefficient (Wildman–Crippen LogP) is 3.14.